The molecule has 1 rings (SSSR count). The monoisotopic (exact) mass is 158 g/mol. The predicted molar refractivity (Wildman–Crippen MR) is 47.1 cm³/mol. The highest BCUT2D eigenvalue weighted by Crippen LogP contribution is 2.07. The molecule has 0 aliphatic carbocycles. The van der Waals surface area contributed by atoms with Gasteiger partial charge in [-0.1, -0.05) is 18.6 Å². The van der Waals surface area contributed by atoms with Crippen molar-refractivity contribution in [2.45, 2.75) is 19.3 Å². The number of rotatable bonds is 2. The van der Waals surface area contributed by atoms with Gasteiger partial charge in [-0.2, -0.15) is 0 Å². The van der Waals surface area contributed by atoms with E-state index < -0.39 is 0 Å². The summed E-state index contributed by atoms with van der Waals surface area (Å²) in [7, 11) is 0. The number of thiocarbonyl (C=S) groups is 1. The van der Waals surface area contributed by atoms with E-state index in [4.69, 9.17) is 18.0 Å². The molecule has 3 heteroatoms. The van der Waals surface area contributed by atoms with E-state index in [9.17, 15) is 0 Å². The van der Waals surface area contributed by atoms with Gasteiger partial charge in [-0.15, -0.1) is 0 Å². The minimum Gasteiger partial charge on any atom is -0.392 e. The van der Waals surface area contributed by atoms with Crippen LogP contribution >= 0.6 is 12.2 Å². The Morgan fingerprint density at radius 2 is 1.90 bits per heavy atom. The van der Waals surface area contributed by atoms with Crippen molar-refractivity contribution in [2.24, 2.45) is 5.73 Å². The first kappa shape index (κ1) is 7.95. The average molecular weight is 158 g/mol. The molecule has 0 saturated carbocycles. The fourth-order valence-electron chi connectivity index (χ4n) is 1.34. The van der Waals surface area contributed by atoms with Crippen LogP contribution in [0, 0.1) is 0 Å². The van der Waals surface area contributed by atoms with E-state index in [0.717, 1.165) is 6.54 Å². The zero-order valence-electron chi connectivity index (χ0n) is 6.18. The molecule has 0 bridgehead atoms. The Labute approximate surface area is 67.4 Å². The number of nitrogens with two attached hydrogens (primary N) is 1. The second kappa shape index (κ2) is 3.88. The molecule has 2 N–H and O–H groups in total. The van der Waals surface area contributed by atoms with Crippen molar-refractivity contribution in [3.63, 3.8) is 0 Å². The third kappa shape index (κ3) is 2.62. The molecule has 10 heavy (non-hydrogen) atoms. The lowest BCUT2D eigenvalue weighted by Crippen LogP contribution is -2.36. The first-order valence-electron chi connectivity index (χ1n) is 3.80. The summed E-state index contributed by atoms with van der Waals surface area (Å²) in [6.45, 7) is 3.17. The molecule has 0 amide bonds. The smallest absolute Gasteiger partial charge is 0.0870 e. The number of hydrogen-bond donors (Lipinski definition) is 1. The zero-order valence-corrected chi connectivity index (χ0v) is 6.99. The van der Waals surface area contributed by atoms with Gasteiger partial charge in [-0.25, -0.2) is 0 Å². The SMILES string of the molecule is NC(=S)CN1CCCCC1. The maximum Gasteiger partial charge on any atom is 0.0870 e. The summed E-state index contributed by atoms with van der Waals surface area (Å²) in [5, 5.41) is 0. The van der Waals surface area contributed by atoms with E-state index in [2.05, 4.69) is 4.90 Å². The van der Waals surface area contributed by atoms with E-state index in [-0.39, 0.29) is 0 Å². The molecule has 1 fully saturated rings. The Bertz CT molecular complexity index is 119. The third-order valence-electron chi connectivity index (χ3n) is 1.83. The molecule has 1 saturated heterocycles. The summed E-state index contributed by atoms with van der Waals surface area (Å²) in [6, 6.07) is 0. The molecule has 0 aromatic carbocycles. The summed E-state index contributed by atoms with van der Waals surface area (Å²) in [5.41, 5.74) is 5.41. The van der Waals surface area contributed by atoms with E-state index in [1.807, 2.05) is 0 Å². The maximum atomic E-state index is 5.41. The first-order valence-corrected chi connectivity index (χ1v) is 4.20. The molecule has 0 aromatic heterocycles. The second-order valence-electron chi connectivity index (χ2n) is 2.80. The highest BCUT2D eigenvalue weighted by molar-refractivity contribution is 7.80. The van der Waals surface area contributed by atoms with Gasteiger partial charge in [0.05, 0.1) is 4.99 Å². The number of likely N-dealkylation sites (tertiary alicyclic amines) is 1. The highest BCUT2D eigenvalue weighted by atomic mass is 32.1. The Morgan fingerprint density at radius 1 is 1.30 bits per heavy atom. The van der Waals surface area contributed by atoms with Crippen LogP contribution in [0.4, 0.5) is 0 Å². The van der Waals surface area contributed by atoms with Crippen LogP contribution in [-0.2, 0) is 0 Å². The number of nitrogens with zero attached hydrogens (tertiary/aromatic N) is 1. The van der Waals surface area contributed by atoms with Gasteiger partial charge in [-0.3, -0.25) is 4.90 Å². The molecule has 0 unspecified atom stereocenters. The third-order valence-corrected chi connectivity index (χ3v) is 1.96. The average Bonchev–Trinajstić information content (AvgIpc) is 1.88. The standard InChI is InChI=1S/C7H14N2S/c8-7(10)6-9-4-2-1-3-5-9/h1-6H2,(H2,8,10). The van der Waals surface area contributed by atoms with Crippen LogP contribution < -0.4 is 5.73 Å². The highest BCUT2D eigenvalue weighted by Gasteiger charge is 2.09. The molecule has 0 aromatic rings. The van der Waals surface area contributed by atoms with Crippen molar-refractivity contribution in [3.05, 3.63) is 0 Å². The quantitative estimate of drug-likeness (QED) is 0.602. The molecule has 58 valence electrons. The summed E-state index contributed by atoms with van der Waals surface area (Å²) in [5.74, 6) is 0. The molecule has 0 spiro atoms. The van der Waals surface area contributed by atoms with Crippen LogP contribution in [0.2, 0.25) is 0 Å². The lowest BCUT2D eigenvalue weighted by molar-refractivity contribution is 0.259. The Balaban J connectivity index is 2.19. The summed E-state index contributed by atoms with van der Waals surface area (Å²) < 4.78 is 0. The molecule has 0 atom stereocenters. The van der Waals surface area contributed by atoms with Gasteiger partial charge >= 0.3 is 0 Å². The van der Waals surface area contributed by atoms with E-state index in [0.29, 0.717) is 4.99 Å². The van der Waals surface area contributed by atoms with Crippen LogP contribution in [0.25, 0.3) is 0 Å². The molecule has 1 aliphatic rings. The molecular weight excluding hydrogens is 144 g/mol. The van der Waals surface area contributed by atoms with Crippen LogP contribution in [0.15, 0.2) is 0 Å². The van der Waals surface area contributed by atoms with Crippen molar-refractivity contribution in [1.82, 2.24) is 4.90 Å². The first-order chi connectivity index (χ1) is 4.79. The summed E-state index contributed by atoms with van der Waals surface area (Å²) in [6.07, 6.45) is 3.99. The van der Waals surface area contributed by atoms with Crippen molar-refractivity contribution in [2.75, 3.05) is 19.6 Å². The van der Waals surface area contributed by atoms with Gasteiger partial charge in [0, 0.05) is 6.54 Å². The Morgan fingerprint density at radius 3 is 2.40 bits per heavy atom. The van der Waals surface area contributed by atoms with Crippen LogP contribution in [0.1, 0.15) is 19.3 Å². The van der Waals surface area contributed by atoms with E-state index >= 15 is 0 Å². The van der Waals surface area contributed by atoms with Gasteiger partial charge in [-0.05, 0) is 25.9 Å². The second-order valence-corrected chi connectivity index (χ2v) is 3.33. The Kier molecular flexibility index (Phi) is 3.09. The fourth-order valence-corrected chi connectivity index (χ4v) is 1.52. The lowest BCUT2D eigenvalue weighted by atomic mass is 10.1. The minimum atomic E-state index is 0.627. The predicted octanol–water partition coefficient (Wildman–Crippen LogP) is 0.758. The molecule has 2 nitrogen and oxygen atoms in total. The number of piperidine rings is 1. The molecular formula is C7H14N2S. The van der Waals surface area contributed by atoms with Gasteiger partial charge < -0.3 is 5.73 Å². The van der Waals surface area contributed by atoms with Crippen LogP contribution in [0.3, 0.4) is 0 Å². The normalized spacial score (nSPS) is 20.8. The van der Waals surface area contributed by atoms with E-state index in [1.54, 1.807) is 0 Å². The fraction of sp³-hybridized carbons (Fsp3) is 0.857. The van der Waals surface area contributed by atoms with Crippen molar-refractivity contribution in [1.29, 1.82) is 0 Å². The van der Waals surface area contributed by atoms with Gasteiger partial charge in [0.1, 0.15) is 0 Å². The van der Waals surface area contributed by atoms with Crippen molar-refractivity contribution < 1.29 is 0 Å². The van der Waals surface area contributed by atoms with E-state index in [1.165, 1.54) is 32.4 Å². The minimum absolute atomic E-state index is 0.627. The van der Waals surface area contributed by atoms with Gasteiger partial charge in [0.2, 0.25) is 0 Å². The lowest BCUT2D eigenvalue weighted by Gasteiger charge is -2.25. The van der Waals surface area contributed by atoms with Gasteiger partial charge in [0.25, 0.3) is 0 Å². The topological polar surface area (TPSA) is 29.3 Å². The largest absolute Gasteiger partial charge is 0.392 e. The van der Waals surface area contributed by atoms with Crippen molar-refractivity contribution >= 4 is 17.2 Å². The van der Waals surface area contributed by atoms with Crippen LogP contribution in [-0.4, -0.2) is 29.5 Å². The maximum absolute atomic E-state index is 5.41. The summed E-state index contributed by atoms with van der Waals surface area (Å²) >= 11 is 4.81. The van der Waals surface area contributed by atoms with Gasteiger partial charge in [0.15, 0.2) is 0 Å². The Hall–Kier alpha value is -0.150. The van der Waals surface area contributed by atoms with Crippen LogP contribution in [0.5, 0.6) is 0 Å². The molecule has 0 radical (unpaired) electrons. The van der Waals surface area contributed by atoms with Crippen molar-refractivity contribution in [3.8, 4) is 0 Å². The molecule has 1 heterocycles. The molecule has 1 aliphatic heterocycles. The summed E-state index contributed by atoms with van der Waals surface area (Å²) in [4.78, 5) is 2.95. The zero-order chi connectivity index (χ0) is 7.40. The number of hydrogen-bond acceptors (Lipinski definition) is 2.